The number of aryl methyl sites for hydroxylation is 6. The topological polar surface area (TPSA) is 0 Å². The Labute approximate surface area is 245 Å². The second-order valence-electron chi connectivity index (χ2n) is 8.04. The molecule has 0 spiro atoms. The molecule has 0 bridgehead atoms. The summed E-state index contributed by atoms with van der Waals surface area (Å²) in [4.78, 5) is 0. The van der Waals surface area contributed by atoms with Crippen LogP contribution in [0, 0.1) is 41.5 Å². The van der Waals surface area contributed by atoms with Gasteiger partial charge in [0.25, 0.3) is 0 Å². The Morgan fingerprint density at radius 1 is 0.282 bits per heavy atom. The highest BCUT2D eigenvalue weighted by atomic mass is 14.0. The Hall–Kier alpha value is -3.12. The molecule has 0 aliphatic carbocycles. The van der Waals surface area contributed by atoms with Crippen LogP contribution in [0.15, 0.2) is 97.1 Å². The van der Waals surface area contributed by atoms with Crippen LogP contribution in [0.1, 0.15) is 96.2 Å². The lowest BCUT2D eigenvalue weighted by molar-refractivity contribution is 1.39. The van der Waals surface area contributed by atoms with Gasteiger partial charge in [-0.3, -0.25) is 0 Å². The van der Waals surface area contributed by atoms with Crippen LogP contribution >= 0.6 is 0 Å². The van der Waals surface area contributed by atoms with Gasteiger partial charge in [0.2, 0.25) is 0 Å². The minimum absolute atomic E-state index is 0. The molecule has 0 aromatic heterocycles. The van der Waals surface area contributed by atoms with Crippen LogP contribution in [0.3, 0.4) is 0 Å². The first-order valence-electron chi connectivity index (χ1n) is 14.5. The summed E-state index contributed by atoms with van der Waals surface area (Å²) in [7, 11) is 0. The van der Waals surface area contributed by atoms with Gasteiger partial charge in [-0.05, 0) is 52.7 Å². The Morgan fingerprint density at radius 3 is 0.667 bits per heavy atom. The molecule has 0 fully saturated rings. The molecule has 0 amide bonds. The predicted octanol–water partition coefficient (Wildman–Crippen LogP) is 13.3. The van der Waals surface area contributed by atoms with E-state index in [1.165, 1.54) is 44.5 Å². The van der Waals surface area contributed by atoms with E-state index >= 15 is 0 Å². The third-order valence-electron chi connectivity index (χ3n) is 4.83. The lowest BCUT2D eigenvalue weighted by Crippen LogP contribution is -1.78. The second kappa shape index (κ2) is 29.4. The summed E-state index contributed by atoms with van der Waals surface area (Å²) in [6.07, 6.45) is 0. The first-order valence-corrected chi connectivity index (χ1v) is 14.5. The molecular formula is C39H62. The molecule has 0 radical (unpaired) electrons. The zero-order valence-corrected chi connectivity index (χ0v) is 27.2. The fourth-order valence-corrected chi connectivity index (χ4v) is 2.94. The van der Waals surface area contributed by atoms with Crippen molar-refractivity contribution in [3.63, 3.8) is 0 Å². The van der Waals surface area contributed by atoms with Crippen molar-refractivity contribution < 1.29 is 0 Å². The van der Waals surface area contributed by atoms with E-state index in [1.54, 1.807) is 0 Å². The molecule has 0 saturated carbocycles. The van der Waals surface area contributed by atoms with Gasteiger partial charge in [-0.1, -0.05) is 193 Å². The van der Waals surface area contributed by atoms with E-state index in [-0.39, 0.29) is 7.43 Å². The van der Waals surface area contributed by atoms with Gasteiger partial charge in [0.05, 0.1) is 0 Å². The standard InChI is InChI=1S/C14H14.2C8H10.4C2H6.CH4/c1-11-3-7-13(8-4-11)14-9-5-12(2)6-10-14;1-7-3-5-8(2)6-4-7;1-7-4-3-5-8(2)6-7;4*1-2;/h3-10H,1-2H3;2*3-6H,1-2H3;4*1-2H3;1H4. The largest absolute Gasteiger partial charge is 0.0776 e. The molecular weight excluding hydrogens is 468 g/mol. The fourth-order valence-electron chi connectivity index (χ4n) is 2.94. The van der Waals surface area contributed by atoms with Gasteiger partial charge in [-0.2, -0.15) is 0 Å². The summed E-state index contributed by atoms with van der Waals surface area (Å²) >= 11 is 0. The smallest absolute Gasteiger partial charge is 0.0184 e. The van der Waals surface area contributed by atoms with Crippen LogP contribution < -0.4 is 0 Å². The molecule has 0 unspecified atom stereocenters. The van der Waals surface area contributed by atoms with Crippen molar-refractivity contribution in [1.29, 1.82) is 0 Å². The van der Waals surface area contributed by atoms with Gasteiger partial charge in [-0.25, -0.2) is 0 Å². The fraction of sp³-hybridized carbons (Fsp3) is 0.385. The molecule has 39 heavy (non-hydrogen) atoms. The molecule has 0 nitrogen and oxygen atoms in total. The van der Waals surface area contributed by atoms with Crippen LogP contribution in [0.4, 0.5) is 0 Å². The Balaban J connectivity index is -0.000000214. The average Bonchev–Trinajstić information content (AvgIpc) is 2.96. The van der Waals surface area contributed by atoms with Gasteiger partial charge in [0.15, 0.2) is 0 Å². The van der Waals surface area contributed by atoms with Crippen LogP contribution in [-0.2, 0) is 0 Å². The third kappa shape index (κ3) is 22.6. The molecule has 0 saturated heterocycles. The maximum Gasteiger partial charge on any atom is -0.0184 e. The normalized spacial score (nSPS) is 8.05. The van der Waals surface area contributed by atoms with Crippen LogP contribution in [0.2, 0.25) is 0 Å². The van der Waals surface area contributed by atoms with E-state index in [0.29, 0.717) is 0 Å². The van der Waals surface area contributed by atoms with E-state index < -0.39 is 0 Å². The Bertz CT molecular complexity index is 923. The van der Waals surface area contributed by atoms with Gasteiger partial charge in [0.1, 0.15) is 0 Å². The van der Waals surface area contributed by atoms with Gasteiger partial charge in [0, 0.05) is 0 Å². The minimum Gasteiger partial charge on any atom is -0.0776 e. The van der Waals surface area contributed by atoms with Crippen LogP contribution in [-0.4, -0.2) is 0 Å². The number of hydrogen-bond donors (Lipinski definition) is 0. The van der Waals surface area contributed by atoms with Crippen molar-refractivity contribution in [2.24, 2.45) is 0 Å². The SMILES string of the molecule is C.CC.CC.CC.CC.Cc1ccc(-c2ccc(C)cc2)cc1.Cc1ccc(C)cc1.Cc1cccc(C)c1. The van der Waals surface area contributed by atoms with Crippen molar-refractivity contribution in [3.8, 4) is 11.1 Å². The lowest BCUT2D eigenvalue weighted by Gasteiger charge is -2.02. The summed E-state index contributed by atoms with van der Waals surface area (Å²) in [6, 6.07) is 34.2. The summed E-state index contributed by atoms with van der Waals surface area (Å²) in [5.41, 5.74) is 10.5. The third-order valence-corrected chi connectivity index (χ3v) is 4.83. The molecule has 0 N–H and O–H groups in total. The van der Waals surface area contributed by atoms with Crippen LogP contribution in [0.5, 0.6) is 0 Å². The number of hydrogen-bond acceptors (Lipinski definition) is 0. The monoisotopic (exact) mass is 530 g/mol. The van der Waals surface area contributed by atoms with Crippen molar-refractivity contribution >= 4 is 0 Å². The zero-order valence-electron chi connectivity index (χ0n) is 27.2. The van der Waals surface area contributed by atoms with Gasteiger partial charge >= 0.3 is 0 Å². The average molecular weight is 531 g/mol. The maximum absolute atomic E-state index is 2.17. The number of benzene rings is 4. The quantitative estimate of drug-likeness (QED) is 0.229. The minimum atomic E-state index is 0. The Kier molecular flexibility index (Phi) is 32.4. The van der Waals surface area contributed by atoms with Gasteiger partial charge in [-0.15, -0.1) is 0 Å². The molecule has 0 atom stereocenters. The second-order valence-corrected chi connectivity index (χ2v) is 8.04. The van der Waals surface area contributed by atoms with Crippen molar-refractivity contribution in [3.05, 3.63) is 130 Å². The highest BCUT2D eigenvalue weighted by Crippen LogP contribution is 2.19. The van der Waals surface area contributed by atoms with E-state index in [1.807, 2.05) is 55.4 Å². The lowest BCUT2D eigenvalue weighted by atomic mass is 10.0. The molecule has 4 aromatic rings. The maximum atomic E-state index is 2.17. The highest BCUT2D eigenvalue weighted by molar-refractivity contribution is 5.63. The highest BCUT2D eigenvalue weighted by Gasteiger charge is 1.95. The van der Waals surface area contributed by atoms with Crippen LogP contribution in [0.25, 0.3) is 11.1 Å². The van der Waals surface area contributed by atoms with E-state index in [2.05, 4.69) is 139 Å². The summed E-state index contributed by atoms with van der Waals surface area (Å²) < 4.78 is 0. The van der Waals surface area contributed by atoms with Crippen molar-refractivity contribution in [2.75, 3.05) is 0 Å². The van der Waals surface area contributed by atoms with E-state index in [0.717, 1.165) is 0 Å². The molecule has 218 valence electrons. The van der Waals surface area contributed by atoms with Gasteiger partial charge < -0.3 is 0 Å². The summed E-state index contributed by atoms with van der Waals surface area (Å²) in [6.45, 7) is 28.6. The number of rotatable bonds is 1. The first kappa shape index (κ1) is 43.0. The molecule has 0 aliphatic heterocycles. The van der Waals surface area contributed by atoms with E-state index in [9.17, 15) is 0 Å². The summed E-state index contributed by atoms with van der Waals surface area (Å²) in [5, 5.41) is 0. The van der Waals surface area contributed by atoms with Crippen molar-refractivity contribution in [1.82, 2.24) is 0 Å². The zero-order chi connectivity index (χ0) is 29.9. The molecule has 0 aliphatic rings. The first-order chi connectivity index (χ1) is 18.3. The molecule has 4 aromatic carbocycles. The molecule has 4 rings (SSSR count). The van der Waals surface area contributed by atoms with Crippen molar-refractivity contribution in [2.45, 2.75) is 104 Å². The molecule has 0 heterocycles. The predicted molar refractivity (Wildman–Crippen MR) is 185 cm³/mol. The summed E-state index contributed by atoms with van der Waals surface area (Å²) in [5.74, 6) is 0. The molecule has 0 heteroatoms. The Morgan fingerprint density at radius 2 is 0.487 bits per heavy atom. The van der Waals surface area contributed by atoms with E-state index in [4.69, 9.17) is 0 Å².